The number of hydrogen-bond donors (Lipinski definition) is 2. The van der Waals surface area contributed by atoms with Crippen LogP contribution in [0.3, 0.4) is 0 Å². The van der Waals surface area contributed by atoms with Crippen LogP contribution in [0.25, 0.3) is 0 Å². The third kappa shape index (κ3) is 8.63. The number of nitrogens with zero attached hydrogens (tertiary/aromatic N) is 2. The molecular formula is C31H29FN4O6S. The molecule has 0 atom stereocenters. The number of benzene rings is 4. The summed E-state index contributed by atoms with van der Waals surface area (Å²) in [6.07, 6.45) is 1.38. The SMILES string of the molecule is COc1ccc(N(CC(=O)N/N=C/c2ccc(OCC(=O)Nc3ccc(F)cc3)cc2)S(=O)(=O)c2ccc(C)cc2)cc1. The van der Waals surface area contributed by atoms with Gasteiger partial charge in [-0.2, -0.15) is 5.10 Å². The summed E-state index contributed by atoms with van der Waals surface area (Å²) in [6.45, 7) is 1.07. The van der Waals surface area contributed by atoms with Crippen molar-refractivity contribution in [2.24, 2.45) is 5.10 Å². The van der Waals surface area contributed by atoms with E-state index >= 15 is 0 Å². The quantitative estimate of drug-likeness (QED) is 0.181. The van der Waals surface area contributed by atoms with Crippen LogP contribution in [0.2, 0.25) is 0 Å². The Morgan fingerprint density at radius 1 is 0.860 bits per heavy atom. The fourth-order valence-corrected chi connectivity index (χ4v) is 5.20. The lowest BCUT2D eigenvalue weighted by atomic mass is 10.2. The molecule has 0 aliphatic heterocycles. The van der Waals surface area contributed by atoms with Crippen LogP contribution in [0, 0.1) is 12.7 Å². The van der Waals surface area contributed by atoms with Gasteiger partial charge in [0.05, 0.1) is 23.9 Å². The van der Waals surface area contributed by atoms with Gasteiger partial charge in [-0.1, -0.05) is 17.7 Å². The van der Waals surface area contributed by atoms with Crippen LogP contribution >= 0.6 is 0 Å². The highest BCUT2D eigenvalue weighted by atomic mass is 32.2. The number of aryl methyl sites for hydroxylation is 1. The maximum Gasteiger partial charge on any atom is 0.264 e. The molecule has 0 radical (unpaired) electrons. The van der Waals surface area contributed by atoms with Crippen molar-refractivity contribution in [2.75, 3.05) is 29.9 Å². The molecule has 0 aliphatic rings. The highest BCUT2D eigenvalue weighted by Gasteiger charge is 2.27. The van der Waals surface area contributed by atoms with Crippen LogP contribution in [0.5, 0.6) is 11.5 Å². The summed E-state index contributed by atoms with van der Waals surface area (Å²) >= 11 is 0. The first-order valence-corrected chi connectivity index (χ1v) is 14.4. The summed E-state index contributed by atoms with van der Waals surface area (Å²) < 4.78 is 51.6. The molecule has 222 valence electrons. The number of amides is 2. The smallest absolute Gasteiger partial charge is 0.264 e. The van der Waals surface area contributed by atoms with E-state index in [0.29, 0.717) is 22.7 Å². The third-order valence-corrected chi connectivity index (χ3v) is 7.83. The van der Waals surface area contributed by atoms with E-state index in [1.54, 1.807) is 60.7 Å². The normalized spacial score (nSPS) is 11.1. The summed E-state index contributed by atoms with van der Waals surface area (Å²) in [7, 11) is -2.58. The molecule has 0 aliphatic carbocycles. The molecule has 0 unspecified atom stereocenters. The fourth-order valence-electron chi connectivity index (χ4n) is 3.77. The molecule has 12 heteroatoms. The number of methoxy groups -OCH3 is 1. The van der Waals surface area contributed by atoms with Crippen molar-refractivity contribution in [1.82, 2.24) is 5.43 Å². The summed E-state index contributed by atoms with van der Waals surface area (Å²) in [5.41, 5.74) is 4.60. The highest BCUT2D eigenvalue weighted by Crippen LogP contribution is 2.26. The predicted octanol–water partition coefficient (Wildman–Crippen LogP) is 4.51. The number of nitrogens with one attached hydrogen (secondary N) is 2. The summed E-state index contributed by atoms with van der Waals surface area (Å²) in [5.74, 6) is -0.510. The number of hydrazone groups is 1. The number of sulfonamides is 1. The van der Waals surface area contributed by atoms with Crippen LogP contribution in [-0.4, -0.2) is 46.7 Å². The molecule has 4 rings (SSSR count). The van der Waals surface area contributed by atoms with E-state index in [2.05, 4.69) is 15.8 Å². The number of carbonyl (C=O) groups is 2. The van der Waals surface area contributed by atoms with Crippen molar-refractivity contribution in [2.45, 2.75) is 11.8 Å². The maximum absolute atomic E-state index is 13.5. The van der Waals surface area contributed by atoms with E-state index in [1.807, 2.05) is 6.92 Å². The zero-order chi connectivity index (χ0) is 30.8. The number of rotatable bonds is 12. The number of anilines is 2. The monoisotopic (exact) mass is 604 g/mol. The van der Waals surface area contributed by atoms with Crippen molar-refractivity contribution in [3.63, 3.8) is 0 Å². The van der Waals surface area contributed by atoms with Gasteiger partial charge in [-0.25, -0.2) is 18.2 Å². The average molecular weight is 605 g/mol. The summed E-state index contributed by atoms with van der Waals surface area (Å²) in [5, 5.41) is 6.54. The van der Waals surface area contributed by atoms with Crippen molar-refractivity contribution in [3.05, 3.63) is 114 Å². The lowest BCUT2D eigenvalue weighted by Crippen LogP contribution is -2.39. The lowest BCUT2D eigenvalue weighted by molar-refractivity contribution is -0.119. The number of hydrogen-bond acceptors (Lipinski definition) is 7. The Kier molecular flexibility index (Phi) is 10.1. The molecule has 0 spiro atoms. The molecule has 0 saturated heterocycles. The summed E-state index contributed by atoms with van der Waals surface area (Å²) in [6, 6.07) is 24.6. The van der Waals surface area contributed by atoms with Gasteiger partial charge in [-0.05, 0) is 97.4 Å². The minimum Gasteiger partial charge on any atom is -0.497 e. The first-order valence-electron chi connectivity index (χ1n) is 13.0. The maximum atomic E-state index is 13.5. The largest absolute Gasteiger partial charge is 0.497 e. The molecule has 43 heavy (non-hydrogen) atoms. The van der Waals surface area contributed by atoms with Gasteiger partial charge in [0.15, 0.2) is 6.61 Å². The van der Waals surface area contributed by atoms with Crippen molar-refractivity contribution in [1.29, 1.82) is 0 Å². The van der Waals surface area contributed by atoms with Gasteiger partial charge in [0, 0.05) is 5.69 Å². The van der Waals surface area contributed by atoms with E-state index in [1.165, 1.54) is 49.7 Å². The number of ether oxygens (including phenoxy) is 2. The summed E-state index contributed by atoms with van der Waals surface area (Å²) in [4.78, 5) is 24.9. The third-order valence-electron chi connectivity index (χ3n) is 6.04. The Hall–Kier alpha value is -5.23. The van der Waals surface area contributed by atoms with Gasteiger partial charge >= 0.3 is 0 Å². The Labute approximate surface area is 248 Å². The zero-order valence-corrected chi connectivity index (χ0v) is 24.2. The van der Waals surface area contributed by atoms with Crippen molar-refractivity contribution >= 4 is 39.4 Å². The van der Waals surface area contributed by atoms with E-state index in [4.69, 9.17) is 9.47 Å². The van der Waals surface area contributed by atoms with Crippen LogP contribution < -0.4 is 24.5 Å². The molecule has 2 N–H and O–H groups in total. The minimum atomic E-state index is -4.08. The molecule has 0 saturated carbocycles. The van der Waals surface area contributed by atoms with E-state index in [-0.39, 0.29) is 17.2 Å². The van der Waals surface area contributed by atoms with Gasteiger partial charge in [-0.15, -0.1) is 0 Å². The Morgan fingerprint density at radius 2 is 1.49 bits per heavy atom. The van der Waals surface area contributed by atoms with E-state index in [9.17, 15) is 22.4 Å². The van der Waals surface area contributed by atoms with Crippen LogP contribution in [0.15, 0.2) is 107 Å². The van der Waals surface area contributed by atoms with Crippen LogP contribution in [0.1, 0.15) is 11.1 Å². The number of carbonyl (C=O) groups excluding carboxylic acids is 2. The van der Waals surface area contributed by atoms with Gasteiger partial charge in [-0.3, -0.25) is 13.9 Å². The highest BCUT2D eigenvalue weighted by molar-refractivity contribution is 7.92. The van der Waals surface area contributed by atoms with Crippen molar-refractivity contribution < 1.29 is 31.9 Å². The molecule has 4 aromatic rings. The average Bonchev–Trinajstić information content (AvgIpc) is 3.01. The topological polar surface area (TPSA) is 126 Å². The molecule has 10 nitrogen and oxygen atoms in total. The van der Waals surface area contributed by atoms with Gasteiger partial charge in [0.25, 0.3) is 21.8 Å². The second-order valence-electron chi connectivity index (χ2n) is 9.23. The van der Waals surface area contributed by atoms with Gasteiger partial charge in [0.1, 0.15) is 23.9 Å². The van der Waals surface area contributed by atoms with E-state index in [0.717, 1.165) is 9.87 Å². The van der Waals surface area contributed by atoms with Gasteiger partial charge in [0.2, 0.25) is 0 Å². The van der Waals surface area contributed by atoms with E-state index < -0.39 is 34.2 Å². The molecular weight excluding hydrogens is 575 g/mol. The molecule has 0 heterocycles. The van der Waals surface area contributed by atoms with Crippen molar-refractivity contribution in [3.8, 4) is 11.5 Å². The standard InChI is InChI=1S/C31H29FN4O6S/c1-22-3-17-29(18-4-22)43(39,40)36(26-11-15-27(41-2)16-12-26)20-30(37)35-33-19-23-5-13-28(14-6-23)42-21-31(38)34-25-9-7-24(32)8-10-25/h3-19H,20-21H2,1-2H3,(H,34,38)(H,35,37)/b33-19+. The molecule has 0 fully saturated rings. The van der Waals surface area contributed by atoms with Gasteiger partial charge < -0.3 is 14.8 Å². The second kappa shape index (κ2) is 14.1. The van der Waals surface area contributed by atoms with Crippen LogP contribution in [0.4, 0.5) is 15.8 Å². The second-order valence-corrected chi connectivity index (χ2v) is 11.1. The first-order chi connectivity index (χ1) is 20.6. The predicted molar refractivity (Wildman–Crippen MR) is 161 cm³/mol. The Morgan fingerprint density at radius 3 is 2.12 bits per heavy atom. The van der Waals surface area contributed by atoms with Crippen LogP contribution in [-0.2, 0) is 19.6 Å². The lowest BCUT2D eigenvalue weighted by Gasteiger charge is -2.24. The molecule has 0 aromatic heterocycles. The Balaban J connectivity index is 1.35. The minimum absolute atomic E-state index is 0.0421. The number of halogens is 1. The zero-order valence-electron chi connectivity index (χ0n) is 23.4. The fraction of sp³-hybridized carbons (Fsp3) is 0.129. The molecule has 2 amide bonds. The molecule has 4 aromatic carbocycles. The molecule has 0 bridgehead atoms. The Bertz CT molecular complexity index is 1680. The first kappa shape index (κ1) is 30.7.